The van der Waals surface area contributed by atoms with Crippen LogP contribution in [-0.4, -0.2) is 57.8 Å². The number of nitrogens with zero attached hydrogens (tertiary/aromatic N) is 5. The number of halogens is 1. The van der Waals surface area contributed by atoms with Gasteiger partial charge in [-0.05, 0) is 58.7 Å². The number of guanidine groups is 1. The van der Waals surface area contributed by atoms with Gasteiger partial charge < -0.3 is 15.2 Å². The maximum atomic E-state index is 4.80. The van der Waals surface area contributed by atoms with Crippen molar-refractivity contribution in [2.24, 2.45) is 12.0 Å². The fourth-order valence-corrected chi connectivity index (χ4v) is 4.21. The molecule has 1 atom stereocenters. The second kappa shape index (κ2) is 12.4. The van der Waals surface area contributed by atoms with E-state index >= 15 is 0 Å². The summed E-state index contributed by atoms with van der Waals surface area (Å²) >= 11 is 0. The molecule has 0 saturated carbocycles. The molecule has 0 aliphatic carbocycles. The van der Waals surface area contributed by atoms with E-state index in [9.17, 15) is 0 Å². The molecule has 2 aromatic rings. The van der Waals surface area contributed by atoms with Crippen LogP contribution in [0.25, 0.3) is 0 Å². The molecule has 1 aliphatic heterocycles. The van der Waals surface area contributed by atoms with Crippen molar-refractivity contribution in [3.8, 4) is 0 Å². The lowest BCUT2D eigenvalue weighted by Crippen LogP contribution is -2.45. The molecule has 1 unspecified atom stereocenters. The lowest BCUT2D eigenvalue weighted by molar-refractivity contribution is 0.267. The number of aliphatic imine (C=N–C) groups is 1. The van der Waals surface area contributed by atoms with Crippen molar-refractivity contribution in [2.45, 2.75) is 59.5 Å². The molecule has 1 saturated heterocycles. The predicted molar refractivity (Wildman–Crippen MR) is 138 cm³/mol. The summed E-state index contributed by atoms with van der Waals surface area (Å²) in [5, 5.41) is 15.5. The molecule has 3 rings (SSSR count). The fourth-order valence-electron chi connectivity index (χ4n) is 4.21. The van der Waals surface area contributed by atoms with Gasteiger partial charge in [0.15, 0.2) is 11.8 Å². The Hall–Kier alpha value is -1.68. The first-order valence-electron chi connectivity index (χ1n) is 11.1. The van der Waals surface area contributed by atoms with Crippen molar-refractivity contribution in [3.63, 3.8) is 0 Å². The van der Waals surface area contributed by atoms with Gasteiger partial charge in [0.05, 0.1) is 0 Å². The van der Waals surface area contributed by atoms with Crippen molar-refractivity contribution in [1.82, 2.24) is 30.3 Å². The number of aromatic nitrogens is 3. The monoisotopic (exact) mass is 539 g/mol. The Bertz CT molecular complexity index is 841. The van der Waals surface area contributed by atoms with E-state index in [0.29, 0.717) is 12.6 Å². The lowest BCUT2D eigenvalue weighted by Gasteiger charge is -2.24. The Kier molecular flexibility index (Phi) is 10.2. The van der Waals surface area contributed by atoms with E-state index < -0.39 is 0 Å². The molecule has 1 fully saturated rings. The third-order valence-corrected chi connectivity index (χ3v) is 5.96. The van der Waals surface area contributed by atoms with Gasteiger partial charge in [0.1, 0.15) is 12.4 Å². The zero-order valence-corrected chi connectivity index (χ0v) is 21.9. The molecule has 1 aromatic carbocycles. The Morgan fingerprint density at radius 3 is 2.52 bits per heavy atom. The van der Waals surface area contributed by atoms with Crippen LogP contribution in [0, 0.1) is 20.8 Å². The van der Waals surface area contributed by atoms with Crippen molar-refractivity contribution >= 4 is 29.9 Å². The average molecular weight is 540 g/mol. The standard InChI is InChI=1S/C23H37N7.HI/c1-6-30-11-7-8-21(30)15-25-23(26-16-22-28-27-19(4)29(22)5)24-10-9-20-13-17(2)12-18(3)14-20;/h12-14,21H,6-11,15-16H2,1-5H3,(H2,24,25,26);1H. The highest BCUT2D eigenvalue weighted by Gasteiger charge is 2.22. The van der Waals surface area contributed by atoms with E-state index in [0.717, 1.165) is 43.7 Å². The molecule has 0 spiro atoms. The number of aryl methyl sites for hydroxylation is 3. The summed E-state index contributed by atoms with van der Waals surface area (Å²) in [5.74, 6) is 2.63. The van der Waals surface area contributed by atoms with Crippen molar-refractivity contribution in [1.29, 1.82) is 0 Å². The van der Waals surface area contributed by atoms with Gasteiger partial charge in [-0.25, -0.2) is 4.99 Å². The first-order chi connectivity index (χ1) is 14.5. The molecule has 2 heterocycles. The summed E-state index contributed by atoms with van der Waals surface area (Å²) in [6.07, 6.45) is 3.50. The molecule has 0 radical (unpaired) electrons. The first kappa shape index (κ1) is 25.6. The molecule has 8 heteroatoms. The van der Waals surface area contributed by atoms with Crippen LogP contribution in [0.3, 0.4) is 0 Å². The fraction of sp³-hybridized carbons (Fsp3) is 0.609. The van der Waals surface area contributed by atoms with Gasteiger partial charge in [0.2, 0.25) is 0 Å². The van der Waals surface area contributed by atoms with E-state index in [1.54, 1.807) is 0 Å². The Balaban J connectivity index is 0.00000341. The molecule has 172 valence electrons. The van der Waals surface area contributed by atoms with Crippen LogP contribution in [0.15, 0.2) is 23.2 Å². The minimum absolute atomic E-state index is 0. The van der Waals surface area contributed by atoms with E-state index in [4.69, 9.17) is 4.99 Å². The van der Waals surface area contributed by atoms with Crippen molar-refractivity contribution < 1.29 is 0 Å². The Labute approximate surface area is 204 Å². The molecule has 0 bridgehead atoms. The molecule has 0 amide bonds. The quantitative estimate of drug-likeness (QED) is 0.307. The topological polar surface area (TPSA) is 70.4 Å². The van der Waals surface area contributed by atoms with Crippen LogP contribution in [0.5, 0.6) is 0 Å². The SMILES string of the molecule is CCN1CCCC1CNC(=NCc1nnc(C)n1C)NCCc1cc(C)cc(C)c1.I. The van der Waals surface area contributed by atoms with Crippen LogP contribution in [-0.2, 0) is 20.0 Å². The lowest BCUT2D eigenvalue weighted by atomic mass is 10.1. The van der Waals surface area contributed by atoms with Gasteiger partial charge in [-0.3, -0.25) is 4.90 Å². The zero-order chi connectivity index (χ0) is 21.5. The largest absolute Gasteiger partial charge is 0.356 e. The van der Waals surface area contributed by atoms with E-state index in [2.05, 4.69) is 64.7 Å². The first-order valence-corrected chi connectivity index (χ1v) is 11.1. The average Bonchev–Trinajstić information content (AvgIpc) is 3.29. The van der Waals surface area contributed by atoms with Crippen LogP contribution in [0.4, 0.5) is 0 Å². The second-order valence-electron chi connectivity index (χ2n) is 8.37. The molecular weight excluding hydrogens is 501 g/mol. The second-order valence-corrected chi connectivity index (χ2v) is 8.37. The van der Waals surface area contributed by atoms with Gasteiger partial charge in [0, 0.05) is 26.2 Å². The van der Waals surface area contributed by atoms with Gasteiger partial charge in [-0.15, -0.1) is 34.2 Å². The van der Waals surface area contributed by atoms with E-state index in [1.807, 2.05) is 18.5 Å². The third kappa shape index (κ3) is 7.45. The highest BCUT2D eigenvalue weighted by atomic mass is 127. The van der Waals surface area contributed by atoms with Gasteiger partial charge in [-0.1, -0.05) is 36.2 Å². The number of likely N-dealkylation sites (tertiary alicyclic amines) is 1. The number of rotatable bonds is 8. The van der Waals surface area contributed by atoms with Crippen molar-refractivity contribution in [3.05, 3.63) is 46.5 Å². The number of hydrogen-bond acceptors (Lipinski definition) is 4. The summed E-state index contributed by atoms with van der Waals surface area (Å²) in [7, 11) is 1.98. The molecule has 7 nitrogen and oxygen atoms in total. The van der Waals surface area contributed by atoms with Crippen LogP contribution in [0.2, 0.25) is 0 Å². The van der Waals surface area contributed by atoms with Crippen molar-refractivity contribution in [2.75, 3.05) is 26.2 Å². The van der Waals surface area contributed by atoms with E-state index in [-0.39, 0.29) is 24.0 Å². The summed E-state index contributed by atoms with van der Waals surface area (Å²) < 4.78 is 1.99. The van der Waals surface area contributed by atoms with Gasteiger partial charge in [0.25, 0.3) is 0 Å². The van der Waals surface area contributed by atoms with E-state index in [1.165, 1.54) is 36.1 Å². The minimum Gasteiger partial charge on any atom is -0.356 e. The summed E-state index contributed by atoms with van der Waals surface area (Å²) in [5.41, 5.74) is 3.99. The summed E-state index contributed by atoms with van der Waals surface area (Å²) in [4.78, 5) is 7.35. The molecular formula is C23H38IN7. The Morgan fingerprint density at radius 2 is 1.87 bits per heavy atom. The highest BCUT2D eigenvalue weighted by molar-refractivity contribution is 14.0. The molecule has 1 aliphatic rings. The summed E-state index contributed by atoms with van der Waals surface area (Å²) in [6.45, 7) is 13.1. The normalized spacial score (nSPS) is 16.9. The number of benzene rings is 1. The van der Waals surface area contributed by atoms with Crippen LogP contribution in [0.1, 0.15) is 48.1 Å². The molecule has 31 heavy (non-hydrogen) atoms. The predicted octanol–water partition coefficient (Wildman–Crippen LogP) is 3.12. The zero-order valence-electron chi connectivity index (χ0n) is 19.6. The third-order valence-electron chi connectivity index (χ3n) is 5.96. The number of hydrogen-bond donors (Lipinski definition) is 2. The van der Waals surface area contributed by atoms with Crippen LogP contribution < -0.4 is 10.6 Å². The smallest absolute Gasteiger partial charge is 0.191 e. The van der Waals surface area contributed by atoms with Gasteiger partial charge >= 0.3 is 0 Å². The maximum Gasteiger partial charge on any atom is 0.191 e. The maximum absolute atomic E-state index is 4.80. The van der Waals surface area contributed by atoms with Gasteiger partial charge in [-0.2, -0.15) is 0 Å². The number of likely N-dealkylation sites (N-methyl/N-ethyl adjacent to an activating group) is 1. The number of nitrogens with one attached hydrogen (secondary N) is 2. The Morgan fingerprint density at radius 1 is 1.13 bits per heavy atom. The highest BCUT2D eigenvalue weighted by Crippen LogP contribution is 2.15. The minimum atomic E-state index is 0. The molecule has 2 N–H and O–H groups in total. The van der Waals surface area contributed by atoms with Crippen LogP contribution >= 0.6 is 24.0 Å². The molecule has 1 aromatic heterocycles. The summed E-state index contributed by atoms with van der Waals surface area (Å²) in [6, 6.07) is 7.33.